The van der Waals surface area contributed by atoms with E-state index in [9.17, 15) is 4.79 Å². The molecule has 1 aliphatic rings. The van der Waals surface area contributed by atoms with E-state index < -0.39 is 0 Å². The Labute approximate surface area is 113 Å². The van der Waals surface area contributed by atoms with E-state index in [0.717, 1.165) is 25.9 Å². The van der Waals surface area contributed by atoms with Crippen LogP contribution in [0.25, 0.3) is 0 Å². The fourth-order valence-electron chi connectivity index (χ4n) is 2.37. The minimum absolute atomic E-state index is 0.0233. The molecule has 1 amide bonds. The number of carbonyl (C=O) groups is 1. The number of hydrogen-bond acceptors (Lipinski definition) is 2. The average Bonchev–Trinajstić information content (AvgIpc) is 2.38. The van der Waals surface area contributed by atoms with Gasteiger partial charge in [-0.15, -0.1) is 0 Å². The van der Waals surface area contributed by atoms with E-state index in [4.69, 9.17) is 11.6 Å². The summed E-state index contributed by atoms with van der Waals surface area (Å²) in [5.74, 6) is 0.0233. The van der Waals surface area contributed by atoms with Gasteiger partial charge in [0.2, 0.25) is 0 Å². The van der Waals surface area contributed by atoms with E-state index in [-0.39, 0.29) is 5.91 Å². The number of halogens is 1. The zero-order valence-corrected chi connectivity index (χ0v) is 11.7. The number of hydrogen-bond donors (Lipinski definition) is 0. The van der Waals surface area contributed by atoms with E-state index in [2.05, 4.69) is 11.9 Å². The van der Waals surface area contributed by atoms with Crippen LogP contribution in [0.2, 0.25) is 5.02 Å². The van der Waals surface area contributed by atoms with E-state index in [1.807, 2.05) is 24.1 Å². The Hall–Kier alpha value is -1.06. The second kappa shape index (κ2) is 5.72. The fourth-order valence-corrected chi connectivity index (χ4v) is 2.59. The minimum Gasteiger partial charge on any atom is -0.339 e. The molecule has 0 N–H and O–H groups in total. The molecule has 98 valence electrons. The third-order valence-electron chi connectivity index (χ3n) is 3.66. The van der Waals surface area contributed by atoms with Gasteiger partial charge in [0.15, 0.2) is 0 Å². The molecule has 0 aliphatic carbocycles. The largest absolute Gasteiger partial charge is 0.339 e. The second-order valence-corrected chi connectivity index (χ2v) is 5.34. The van der Waals surface area contributed by atoms with Gasteiger partial charge >= 0.3 is 0 Å². The van der Waals surface area contributed by atoms with Crippen molar-refractivity contribution in [3.8, 4) is 0 Å². The SMILES string of the molecule is CN1CCC(N(C)C(=O)c2ccccc2Cl)CC1. The lowest BCUT2D eigenvalue weighted by molar-refractivity contribution is 0.0660. The standard InChI is InChI=1S/C14H19ClN2O/c1-16-9-7-11(8-10-16)17(2)14(18)12-5-3-4-6-13(12)15/h3-6,11H,7-10H2,1-2H3. The smallest absolute Gasteiger partial charge is 0.255 e. The summed E-state index contributed by atoms with van der Waals surface area (Å²) in [5, 5.41) is 0.530. The number of benzene rings is 1. The molecule has 2 rings (SSSR count). The van der Waals surface area contributed by atoms with Gasteiger partial charge in [-0.3, -0.25) is 4.79 Å². The highest BCUT2D eigenvalue weighted by Crippen LogP contribution is 2.20. The maximum atomic E-state index is 12.4. The third-order valence-corrected chi connectivity index (χ3v) is 3.99. The Bertz CT molecular complexity index is 428. The predicted molar refractivity (Wildman–Crippen MR) is 74.1 cm³/mol. The van der Waals surface area contributed by atoms with E-state index in [0.29, 0.717) is 16.6 Å². The molecule has 4 heteroatoms. The summed E-state index contributed by atoms with van der Waals surface area (Å²) in [7, 11) is 3.99. The number of piperidine rings is 1. The first-order valence-corrected chi connectivity index (χ1v) is 6.67. The summed E-state index contributed by atoms with van der Waals surface area (Å²) in [4.78, 5) is 16.5. The molecule has 0 radical (unpaired) electrons. The van der Waals surface area contributed by atoms with Gasteiger partial charge in [0, 0.05) is 13.1 Å². The molecular formula is C14H19ClN2O. The van der Waals surface area contributed by atoms with Crippen molar-refractivity contribution >= 4 is 17.5 Å². The monoisotopic (exact) mass is 266 g/mol. The summed E-state index contributed by atoms with van der Waals surface area (Å²) < 4.78 is 0. The minimum atomic E-state index is 0.0233. The number of carbonyl (C=O) groups excluding carboxylic acids is 1. The summed E-state index contributed by atoms with van der Waals surface area (Å²) in [6.07, 6.45) is 2.06. The second-order valence-electron chi connectivity index (χ2n) is 4.93. The van der Waals surface area contributed by atoms with E-state index >= 15 is 0 Å². The number of likely N-dealkylation sites (tertiary alicyclic amines) is 1. The average molecular weight is 267 g/mol. The molecule has 1 heterocycles. The first-order valence-electron chi connectivity index (χ1n) is 6.30. The highest BCUT2D eigenvalue weighted by molar-refractivity contribution is 6.33. The van der Waals surface area contributed by atoms with E-state index in [1.54, 1.807) is 12.1 Å². The molecule has 1 saturated heterocycles. The lowest BCUT2D eigenvalue weighted by Crippen LogP contribution is -2.44. The van der Waals surface area contributed by atoms with Crippen LogP contribution in [0.4, 0.5) is 0 Å². The molecule has 0 aromatic heterocycles. The molecular weight excluding hydrogens is 248 g/mol. The molecule has 1 aromatic rings. The van der Waals surface area contributed by atoms with Crippen molar-refractivity contribution in [1.29, 1.82) is 0 Å². The highest BCUT2D eigenvalue weighted by atomic mass is 35.5. The van der Waals surface area contributed by atoms with Gasteiger partial charge in [0.05, 0.1) is 10.6 Å². The van der Waals surface area contributed by atoms with Gasteiger partial charge < -0.3 is 9.80 Å². The predicted octanol–water partition coefficient (Wildman–Crippen LogP) is 2.51. The first-order chi connectivity index (χ1) is 8.59. The Morgan fingerprint density at radius 1 is 1.33 bits per heavy atom. The summed E-state index contributed by atoms with van der Waals surface area (Å²) in [6.45, 7) is 2.09. The summed E-state index contributed by atoms with van der Waals surface area (Å²) in [6, 6.07) is 7.56. The van der Waals surface area contributed by atoms with Crippen LogP contribution in [0.15, 0.2) is 24.3 Å². The highest BCUT2D eigenvalue weighted by Gasteiger charge is 2.25. The zero-order chi connectivity index (χ0) is 13.1. The van der Waals surface area contributed by atoms with Crippen molar-refractivity contribution in [2.75, 3.05) is 27.2 Å². The Balaban J connectivity index is 2.07. The van der Waals surface area contributed by atoms with Crippen LogP contribution in [-0.2, 0) is 0 Å². The quantitative estimate of drug-likeness (QED) is 0.821. The van der Waals surface area contributed by atoms with Gasteiger partial charge in [-0.25, -0.2) is 0 Å². The van der Waals surface area contributed by atoms with Gasteiger partial charge in [0.25, 0.3) is 5.91 Å². The van der Waals surface area contributed by atoms with Crippen LogP contribution in [-0.4, -0.2) is 48.9 Å². The van der Waals surface area contributed by atoms with Crippen LogP contribution in [0.5, 0.6) is 0 Å². The first kappa shape index (κ1) is 13.4. The van der Waals surface area contributed by atoms with Gasteiger partial charge in [-0.1, -0.05) is 23.7 Å². The molecule has 3 nitrogen and oxygen atoms in total. The molecule has 1 aliphatic heterocycles. The van der Waals surface area contributed by atoms with Crippen LogP contribution in [0, 0.1) is 0 Å². The molecule has 1 fully saturated rings. The van der Waals surface area contributed by atoms with Gasteiger partial charge in [0.1, 0.15) is 0 Å². The van der Waals surface area contributed by atoms with Crippen LogP contribution >= 0.6 is 11.6 Å². The van der Waals surface area contributed by atoms with Crippen molar-refractivity contribution in [2.45, 2.75) is 18.9 Å². The molecule has 0 saturated carbocycles. The maximum Gasteiger partial charge on any atom is 0.255 e. The topological polar surface area (TPSA) is 23.6 Å². The lowest BCUT2D eigenvalue weighted by Gasteiger charge is -2.35. The molecule has 0 spiro atoms. The zero-order valence-electron chi connectivity index (χ0n) is 10.9. The van der Waals surface area contributed by atoms with Crippen LogP contribution in [0.1, 0.15) is 23.2 Å². The summed E-state index contributed by atoms with van der Waals surface area (Å²) in [5.41, 5.74) is 0.598. The molecule has 1 aromatic carbocycles. The number of amides is 1. The Kier molecular flexibility index (Phi) is 4.25. The van der Waals surface area contributed by atoms with Crippen molar-refractivity contribution < 1.29 is 4.79 Å². The van der Waals surface area contributed by atoms with Crippen molar-refractivity contribution in [3.05, 3.63) is 34.9 Å². The van der Waals surface area contributed by atoms with Gasteiger partial charge in [-0.2, -0.15) is 0 Å². The summed E-state index contributed by atoms with van der Waals surface area (Å²) >= 11 is 6.07. The number of nitrogens with zero attached hydrogens (tertiary/aromatic N) is 2. The van der Waals surface area contributed by atoms with Crippen LogP contribution < -0.4 is 0 Å². The molecule has 18 heavy (non-hydrogen) atoms. The van der Waals surface area contributed by atoms with Crippen LogP contribution in [0.3, 0.4) is 0 Å². The number of rotatable bonds is 2. The maximum absolute atomic E-state index is 12.4. The third kappa shape index (κ3) is 2.85. The van der Waals surface area contributed by atoms with E-state index in [1.165, 1.54) is 0 Å². The molecule has 0 bridgehead atoms. The Morgan fingerprint density at radius 3 is 2.56 bits per heavy atom. The lowest BCUT2D eigenvalue weighted by atomic mass is 10.0. The Morgan fingerprint density at radius 2 is 1.94 bits per heavy atom. The molecule has 0 unspecified atom stereocenters. The van der Waals surface area contributed by atoms with Crippen molar-refractivity contribution in [2.24, 2.45) is 0 Å². The fraction of sp³-hybridized carbons (Fsp3) is 0.500. The molecule has 0 atom stereocenters. The van der Waals surface area contributed by atoms with Crippen molar-refractivity contribution in [3.63, 3.8) is 0 Å². The van der Waals surface area contributed by atoms with Gasteiger partial charge in [-0.05, 0) is 45.1 Å². The van der Waals surface area contributed by atoms with Crippen molar-refractivity contribution in [1.82, 2.24) is 9.80 Å². The normalized spacial score (nSPS) is 17.7.